The summed E-state index contributed by atoms with van der Waals surface area (Å²) >= 11 is 0. The van der Waals surface area contributed by atoms with E-state index in [1.165, 1.54) is 12.7 Å². The molecule has 1 aromatic carbocycles. The van der Waals surface area contributed by atoms with E-state index in [1.54, 1.807) is 6.07 Å². The van der Waals surface area contributed by atoms with E-state index in [0.29, 0.717) is 23.6 Å². The Morgan fingerprint density at radius 2 is 1.55 bits per heavy atom. The Hall–Kier alpha value is -1.23. The van der Waals surface area contributed by atoms with Crippen LogP contribution in [0.4, 0.5) is 11.4 Å². The van der Waals surface area contributed by atoms with E-state index in [1.807, 2.05) is 18.2 Å². The SMILES string of the molecule is CC1CC(C)CC(Nc2ccccc2NS(C)(=O)=O)C1. The van der Waals surface area contributed by atoms with Crippen LogP contribution in [0.1, 0.15) is 33.1 Å². The molecule has 0 aliphatic heterocycles. The first kappa shape index (κ1) is 15.2. The van der Waals surface area contributed by atoms with Crippen LogP contribution in [0.5, 0.6) is 0 Å². The van der Waals surface area contributed by atoms with Crippen LogP contribution >= 0.6 is 0 Å². The van der Waals surface area contributed by atoms with Crippen LogP contribution in [-0.4, -0.2) is 20.7 Å². The highest BCUT2D eigenvalue weighted by Gasteiger charge is 2.24. The van der Waals surface area contributed by atoms with Crippen LogP contribution in [0.25, 0.3) is 0 Å². The molecule has 0 bridgehead atoms. The fraction of sp³-hybridized carbons (Fsp3) is 0.600. The van der Waals surface area contributed by atoms with Gasteiger partial charge in [-0.1, -0.05) is 26.0 Å². The smallest absolute Gasteiger partial charge is 0.229 e. The molecule has 0 radical (unpaired) electrons. The van der Waals surface area contributed by atoms with Crippen LogP contribution < -0.4 is 10.0 Å². The number of para-hydroxylation sites is 2. The molecule has 0 aromatic heterocycles. The molecule has 1 aromatic rings. The molecule has 4 nitrogen and oxygen atoms in total. The maximum absolute atomic E-state index is 11.4. The fourth-order valence-electron chi connectivity index (χ4n) is 3.18. The zero-order chi connectivity index (χ0) is 14.8. The molecule has 1 saturated carbocycles. The van der Waals surface area contributed by atoms with Crippen LogP contribution in [-0.2, 0) is 10.0 Å². The van der Waals surface area contributed by atoms with Gasteiger partial charge in [0.1, 0.15) is 0 Å². The Morgan fingerprint density at radius 3 is 2.10 bits per heavy atom. The second-order valence-corrected chi connectivity index (χ2v) is 7.93. The molecule has 20 heavy (non-hydrogen) atoms. The molecule has 0 amide bonds. The largest absolute Gasteiger partial charge is 0.381 e. The molecule has 0 spiro atoms. The van der Waals surface area contributed by atoms with Gasteiger partial charge >= 0.3 is 0 Å². The highest BCUT2D eigenvalue weighted by Crippen LogP contribution is 2.32. The number of benzene rings is 1. The third kappa shape index (κ3) is 4.40. The quantitative estimate of drug-likeness (QED) is 0.896. The van der Waals surface area contributed by atoms with Crippen molar-refractivity contribution in [1.82, 2.24) is 0 Å². The zero-order valence-electron chi connectivity index (χ0n) is 12.4. The molecule has 5 heteroatoms. The van der Waals surface area contributed by atoms with E-state index in [2.05, 4.69) is 23.9 Å². The van der Waals surface area contributed by atoms with Crippen molar-refractivity contribution < 1.29 is 8.42 Å². The van der Waals surface area contributed by atoms with E-state index in [-0.39, 0.29) is 0 Å². The van der Waals surface area contributed by atoms with Crippen LogP contribution in [0.3, 0.4) is 0 Å². The summed E-state index contributed by atoms with van der Waals surface area (Å²) in [6, 6.07) is 7.89. The Kier molecular flexibility index (Phi) is 4.58. The predicted molar refractivity (Wildman–Crippen MR) is 84.5 cm³/mol. The normalized spacial score (nSPS) is 27.1. The summed E-state index contributed by atoms with van der Waals surface area (Å²) in [5, 5.41) is 3.51. The summed E-state index contributed by atoms with van der Waals surface area (Å²) in [6.45, 7) is 4.57. The van der Waals surface area contributed by atoms with Gasteiger partial charge in [0.05, 0.1) is 17.6 Å². The van der Waals surface area contributed by atoms with E-state index in [0.717, 1.165) is 18.5 Å². The minimum Gasteiger partial charge on any atom is -0.381 e. The summed E-state index contributed by atoms with van der Waals surface area (Å²) in [5.74, 6) is 1.43. The molecular formula is C15H24N2O2S. The van der Waals surface area contributed by atoms with E-state index in [4.69, 9.17) is 0 Å². The van der Waals surface area contributed by atoms with Gasteiger partial charge < -0.3 is 5.32 Å². The van der Waals surface area contributed by atoms with Crippen molar-refractivity contribution in [2.45, 2.75) is 39.2 Å². The standard InChI is InChI=1S/C15H24N2O2S/c1-11-8-12(2)10-13(9-11)16-14-6-4-5-7-15(14)17-20(3,18)19/h4-7,11-13,16-17H,8-10H2,1-3H3. The lowest BCUT2D eigenvalue weighted by molar-refractivity contribution is 0.281. The second kappa shape index (κ2) is 6.04. The van der Waals surface area contributed by atoms with Gasteiger partial charge in [0, 0.05) is 6.04 Å². The van der Waals surface area contributed by atoms with Crippen molar-refractivity contribution in [3.8, 4) is 0 Å². The first-order valence-corrected chi connectivity index (χ1v) is 9.06. The molecule has 1 aliphatic rings. The van der Waals surface area contributed by atoms with Gasteiger partial charge in [-0.2, -0.15) is 0 Å². The average Bonchev–Trinajstić information content (AvgIpc) is 2.28. The second-order valence-electron chi connectivity index (χ2n) is 6.18. The van der Waals surface area contributed by atoms with Gasteiger partial charge in [0.25, 0.3) is 0 Å². The van der Waals surface area contributed by atoms with Crippen molar-refractivity contribution in [3.63, 3.8) is 0 Å². The highest BCUT2D eigenvalue weighted by molar-refractivity contribution is 7.92. The van der Waals surface area contributed by atoms with E-state index >= 15 is 0 Å². The topological polar surface area (TPSA) is 58.2 Å². The Labute approximate surface area is 122 Å². The predicted octanol–water partition coefficient (Wildman–Crippen LogP) is 3.29. The molecule has 2 rings (SSSR count). The Balaban J connectivity index is 2.13. The van der Waals surface area contributed by atoms with Crippen molar-refractivity contribution in [3.05, 3.63) is 24.3 Å². The molecule has 1 fully saturated rings. The molecule has 2 atom stereocenters. The van der Waals surface area contributed by atoms with Crippen molar-refractivity contribution in [1.29, 1.82) is 0 Å². The van der Waals surface area contributed by atoms with Gasteiger partial charge in [0.2, 0.25) is 10.0 Å². The molecule has 1 aliphatic carbocycles. The summed E-state index contributed by atoms with van der Waals surface area (Å²) in [6.07, 6.45) is 4.73. The fourth-order valence-corrected chi connectivity index (χ4v) is 3.76. The Morgan fingerprint density at radius 1 is 1.00 bits per heavy atom. The maximum Gasteiger partial charge on any atom is 0.229 e. The lowest BCUT2D eigenvalue weighted by atomic mass is 9.80. The molecule has 0 heterocycles. The number of sulfonamides is 1. The molecule has 112 valence electrons. The van der Waals surface area contributed by atoms with Gasteiger partial charge in [-0.15, -0.1) is 0 Å². The Bertz CT molecular complexity index is 547. The minimum atomic E-state index is -3.25. The van der Waals surface area contributed by atoms with Crippen LogP contribution in [0, 0.1) is 11.8 Å². The van der Waals surface area contributed by atoms with Crippen molar-refractivity contribution in [2.24, 2.45) is 11.8 Å². The number of rotatable bonds is 4. The molecule has 2 unspecified atom stereocenters. The lowest BCUT2D eigenvalue weighted by Gasteiger charge is -2.33. The van der Waals surface area contributed by atoms with Gasteiger partial charge in [-0.25, -0.2) is 8.42 Å². The summed E-state index contributed by atoms with van der Waals surface area (Å²) in [4.78, 5) is 0. The van der Waals surface area contributed by atoms with Crippen LogP contribution in [0.2, 0.25) is 0 Å². The summed E-state index contributed by atoms with van der Waals surface area (Å²) < 4.78 is 25.4. The lowest BCUT2D eigenvalue weighted by Crippen LogP contribution is -2.30. The van der Waals surface area contributed by atoms with Crippen molar-refractivity contribution in [2.75, 3.05) is 16.3 Å². The number of anilines is 2. The monoisotopic (exact) mass is 296 g/mol. The number of hydrogen-bond acceptors (Lipinski definition) is 3. The first-order chi connectivity index (χ1) is 9.33. The molecule has 2 N–H and O–H groups in total. The van der Waals surface area contributed by atoms with E-state index in [9.17, 15) is 8.42 Å². The van der Waals surface area contributed by atoms with E-state index < -0.39 is 10.0 Å². The summed E-state index contributed by atoms with van der Waals surface area (Å²) in [7, 11) is -3.25. The third-order valence-electron chi connectivity index (χ3n) is 3.76. The van der Waals surface area contributed by atoms with Gasteiger partial charge in [-0.3, -0.25) is 4.72 Å². The molecule has 0 saturated heterocycles. The number of nitrogens with one attached hydrogen (secondary N) is 2. The highest BCUT2D eigenvalue weighted by atomic mass is 32.2. The van der Waals surface area contributed by atoms with Gasteiger partial charge in [0.15, 0.2) is 0 Å². The minimum absolute atomic E-state index is 0.413. The number of hydrogen-bond donors (Lipinski definition) is 2. The van der Waals surface area contributed by atoms with Crippen LogP contribution in [0.15, 0.2) is 24.3 Å². The molecular weight excluding hydrogens is 272 g/mol. The zero-order valence-corrected chi connectivity index (χ0v) is 13.2. The average molecular weight is 296 g/mol. The summed E-state index contributed by atoms with van der Waals surface area (Å²) in [5.41, 5.74) is 1.49. The van der Waals surface area contributed by atoms with Crippen molar-refractivity contribution >= 4 is 21.4 Å². The third-order valence-corrected chi connectivity index (χ3v) is 4.35. The maximum atomic E-state index is 11.4. The van der Waals surface area contributed by atoms with Gasteiger partial charge in [-0.05, 0) is 43.2 Å². The first-order valence-electron chi connectivity index (χ1n) is 7.17.